The van der Waals surface area contributed by atoms with Crippen LogP contribution in [0.1, 0.15) is 31.1 Å². The molecule has 2 aromatic carbocycles. The Morgan fingerprint density at radius 1 is 0.492 bits per heavy atom. The molecule has 8 aromatic rings. The number of halogens is 12. The smallest absolute Gasteiger partial charge is 0.323 e. The molecule has 0 saturated heterocycles. The van der Waals surface area contributed by atoms with Crippen LogP contribution in [0.4, 0.5) is 52.7 Å². The molecule has 6 heterocycles. The SMILES string of the molecule is CCSc1cc2c(cc1-c1nc3cc(C(F)(F)F)cnc3n1C)nc(C(F)(F)F)n2C.CCSc1cc2c(cc1-c1nc3cc(SC(F)(F)F)cnc3n1C)nc(C(F)(F)F)n2C. The quantitative estimate of drug-likeness (QED) is 0.114. The molecule has 25 heteroatoms. The Morgan fingerprint density at radius 2 is 0.921 bits per heavy atom. The highest BCUT2D eigenvalue weighted by molar-refractivity contribution is 8.00. The number of fused-ring (bicyclic) bond motifs is 4. The van der Waals surface area contributed by atoms with Crippen LogP contribution in [-0.4, -0.2) is 65.2 Å². The maximum Gasteiger partial charge on any atom is 0.449 e. The van der Waals surface area contributed by atoms with Crippen molar-refractivity contribution in [1.82, 2.24) is 48.2 Å². The van der Waals surface area contributed by atoms with Gasteiger partial charge in [0.1, 0.15) is 22.7 Å². The minimum atomic E-state index is -4.62. The van der Waals surface area contributed by atoms with Gasteiger partial charge in [-0.1, -0.05) is 13.8 Å². The summed E-state index contributed by atoms with van der Waals surface area (Å²) < 4.78 is 162. The third-order valence-corrected chi connectivity index (χ3v) is 12.1. The third kappa shape index (κ3) is 8.99. The molecule has 0 unspecified atom stereocenters. The van der Waals surface area contributed by atoms with E-state index in [0.717, 1.165) is 27.6 Å². The molecule has 0 bridgehead atoms. The van der Waals surface area contributed by atoms with Gasteiger partial charge in [-0.2, -0.15) is 52.7 Å². The van der Waals surface area contributed by atoms with Gasteiger partial charge in [-0.3, -0.25) is 0 Å². The minimum absolute atomic E-state index is 0.0388. The lowest BCUT2D eigenvalue weighted by molar-refractivity contribution is -0.147. The summed E-state index contributed by atoms with van der Waals surface area (Å²) in [4.78, 5) is 25.5. The molecular formula is C38H30F12N10S3. The number of hydrogen-bond acceptors (Lipinski definition) is 9. The zero-order valence-corrected chi connectivity index (χ0v) is 35.7. The highest BCUT2D eigenvalue weighted by Crippen LogP contribution is 2.42. The minimum Gasteiger partial charge on any atom is -0.323 e. The topological polar surface area (TPSA) is 97.1 Å². The Bertz CT molecular complexity index is 3030. The van der Waals surface area contributed by atoms with Crippen LogP contribution >= 0.6 is 35.3 Å². The molecule has 0 N–H and O–H groups in total. The molecule has 0 aliphatic rings. The third-order valence-electron chi connectivity index (χ3n) is 9.51. The van der Waals surface area contributed by atoms with Crippen LogP contribution in [0.2, 0.25) is 0 Å². The highest BCUT2D eigenvalue weighted by Gasteiger charge is 2.38. The van der Waals surface area contributed by atoms with Gasteiger partial charge in [0, 0.05) is 66.4 Å². The Balaban J connectivity index is 0.000000189. The summed E-state index contributed by atoms with van der Waals surface area (Å²) in [5.74, 6) is -0.108. The predicted octanol–water partition coefficient (Wildman–Crippen LogP) is 11.9. The van der Waals surface area contributed by atoms with Gasteiger partial charge in [-0.15, -0.1) is 23.5 Å². The zero-order valence-electron chi connectivity index (χ0n) is 33.3. The van der Waals surface area contributed by atoms with Gasteiger partial charge in [0.05, 0.1) is 27.6 Å². The number of benzene rings is 2. The van der Waals surface area contributed by atoms with Crippen molar-refractivity contribution in [2.75, 3.05) is 11.5 Å². The first-order valence-corrected chi connectivity index (χ1v) is 21.0. The van der Waals surface area contributed by atoms with Crippen LogP contribution in [0, 0.1) is 0 Å². The predicted molar refractivity (Wildman–Crippen MR) is 216 cm³/mol. The van der Waals surface area contributed by atoms with Crippen molar-refractivity contribution in [3.63, 3.8) is 0 Å². The lowest BCUT2D eigenvalue weighted by atomic mass is 10.2. The van der Waals surface area contributed by atoms with E-state index in [0.29, 0.717) is 60.8 Å². The number of imidazole rings is 4. The van der Waals surface area contributed by atoms with Crippen LogP contribution in [-0.2, 0) is 46.7 Å². The van der Waals surface area contributed by atoms with E-state index < -0.39 is 41.2 Å². The maximum atomic E-state index is 13.3. The van der Waals surface area contributed by atoms with E-state index in [9.17, 15) is 52.7 Å². The van der Waals surface area contributed by atoms with E-state index in [-0.39, 0.29) is 44.4 Å². The van der Waals surface area contributed by atoms with Crippen molar-refractivity contribution in [2.45, 2.75) is 52.6 Å². The molecule has 63 heavy (non-hydrogen) atoms. The molecule has 6 aromatic heterocycles. The normalized spacial score (nSPS) is 12.9. The van der Waals surface area contributed by atoms with Gasteiger partial charge in [0.15, 0.2) is 11.3 Å². The second kappa shape index (κ2) is 16.4. The molecule has 0 fully saturated rings. The average molecular weight is 951 g/mol. The van der Waals surface area contributed by atoms with E-state index in [4.69, 9.17) is 0 Å². The highest BCUT2D eigenvalue weighted by atomic mass is 32.2. The Labute approximate surface area is 360 Å². The van der Waals surface area contributed by atoms with Gasteiger partial charge < -0.3 is 18.3 Å². The molecule has 0 aliphatic carbocycles. The van der Waals surface area contributed by atoms with Crippen LogP contribution in [0.5, 0.6) is 0 Å². The van der Waals surface area contributed by atoms with E-state index in [1.165, 1.54) is 60.4 Å². The Hall–Kier alpha value is -5.17. The van der Waals surface area contributed by atoms with Crippen molar-refractivity contribution in [1.29, 1.82) is 0 Å². The van der Waals surface area contributed by atoms with E-state index in [1.54, 1.807) is 30.8 Å². The largest absolute Gasteiger partial charge is 0.449 e. The first-order valence-electron chi connectivity index (χ1n) is 18.2. The zero-order chi connectivity index (χ0) is 46.1. The molecular weight excluding hydrogens is 921 g/mol. The van der Waals surface area contributed by atoms with Crippen molar-refractivity contribution in [3.8, 4) is 22.8 Å². The van der Waals surface area contributed by atoms with Crippen molar-refractivity contribution >= 4 is 79.7 Å². The second-order valence-corrected chi connectivity index (χ2v) is 17.4. The van der Waals surface area contributed by atoms with Crippen LogP contribution in [0.3, 0.4) is 0 Å². The number of rotatable bonds is 7. The number of alkyl halides is 12. The summed E-state index contributed by atoms with van der Waals surface area (Å²) in [7, 11) is 5.83. The molecule has 0 atom stereocenters. The van der Waals surface area contributed by atoms with Crippen molar-refractivity contribution < 1.29 is 52.7 Å². The standard InChI is InChI=1S/C19H15F6N5S2.C19H15F6N5S/c1-4-31-14-7-13-11(28-17(29(13)2)18(20,21)22)6-10(14)15-27-12-5-9(32-19(23,24)25)8-26-16(12)30(15)3;1-4-31-14-7-13-11(28-17(29(13)2)19(23,24)25)6-10(14)15-27-12-5-9(18(20,21)22)8-26-16(12)30(15)3/h5-8H,4H2,1-3H3;5-8H,4H2,1-3H3. The fourth-order valence-corrected chi connectivity index (χ4v) is 8.97. The molecule has 0 spiro atoms. The fourth-order valence-electron chi connectivity index (χ4n) is 6.80. The van der Waals surface area contributed by atoms with E-state index in [1.807, 2.05) is 13.8 Å². The summed E-state index contributed by atoms with van der Waals surface area (Å²) in [6.07, 6.45) is -12.0. The number of pyridine rings is 2. The van der Waals surface area contributed by atoms with E-state index in [2.05, 4.69) is 29.9 Å². The maximum absolute atomic E-state index is 13.3. The number of aromatic nitrogens is 10. The summed E-state index contributed by atoms with van der Waals surface area (Å²) in [6, 6.07) is 8.41. The van der Waals surface area contributed by atoms with Gasteiger partial charge >= 0.3 is 24.0 Å². The van der Waals surface area contributed by atoms with E-state index >= 15 is 0 Å². The lowest BCUT2D eigenvalue weighted by Gasteiger charge is -2.10. The molecule has 0 radical (unpaired) electrons. The van der Waals surface area contributed by atoms with Crippen LogP contribution in [0.15, 0.2) is 63.5 Å². The van der Waals surface area contributed by atoms with Gasteiger partial charge in [-0.05, 0) is 59.7 Å². The van der Waals surface area contributed by atoms with Gasteiger partial charge in [0.25, 0.3) is 0 Å². The average Bonchev–Trinajstić information content (AvgIpc) is 3.90. The van der Waals surface area contributed by atoms with Crippen LogP contribution < -0.4 is 0 Å². The number of aryl methyl sites for hydroxylation is 4. The monoisotopic (exact) mass is 950 g/mol. The molecule has 0 saturated carbocycles. The van der Waals surface area contributed by atoms with Crippen LogP contribution in [0.25, 0.3) is 67.2 Å². The van der Waals surface area contributed by atoms with Crippen molar-refractivity contribution in [2.24, 2.45) is 28.2 Å². The lowest BCUT2D eigenvalue weighted by Crippen LogP contribution is -2.12. The summed E-state index contributed by atoms with van der Waals surface area (Å²) in [5.41, 5.74) is -2.64. The Kier molecular flexibility index (Phi) is 12.0. The molecule has 0 aliphatic heterocycles. The van der Waals surface area contributed by atoms with Gasteiger partial charge in [-0.25, -0.2) is 29.9 Å². The fraction of sp³-hybridized carbons (Fsp3) is 0.316. The summed E-state index contributed by atoms with van der Waals surface area (Å²) >= 11 is 2.52. The number of thioether (sulfide) groups is 3. The Morgan fingerprint density at radius 3 is 1.32 bits per heavy atom. The summed E-state index contributed by atoms with van der Waals surface area (Å²) in [5, 5.41) is 0. The second-order valence-electron chi connectivity index (χ2n) is 13.6. The molecule has 8 rings (SSSR count). The molecule has 0 amide bonds. The number of nitrogens with zero attached hydrogens (tertiary/aromatic N) is 10. The summed E-state index contributed by atoms with van der Waals surface area (Å²) in [6.45, 7) is 3.79. The number of hydrogen-bond donors (Lipinski definition) is 0. The first-order chi connectivity index (χ1) is 29.3. The molecule has 334 valence electrons. The first kappa shape index (κ1) is 45.8. The van der Waals surface area contributed by atoms with Gasteiger partial charge in [0.2, 0.25) is 11.6 Å². The van der Waals surface area contributed by atoms with Crippen molar-refractivity contribution in [3.05, 3.63) is 66.0 Å². The molecule has 10 nitrogen and oxygen atoms in total.